The predicted octanol–water partition coefficient (Wildman–Crippen LogP) is 6.22. The van der Waals surface area contributed by atoms with Crippen molar-refractivity contribution in [3.63, 3.8) is 0 Å². The number of aryl methyl sites for hydroxylation is 1. The van der Waals surface area contributed by atoms with Gasteiger partial charge in [0, 0.05) is 0 Å². The molecule has 0 saturated heterocycles. The maximum Gasteiger partial charge on any atom is 0.371 e. The number of hydrogen-bond donors (Lipinski definition) is 3. The van der Waals surface area contributed by atoms with Crippen molar-refractivity contribution < 1.29 is 19.8 Å². The number of hydrogen-bond acceptors (Lipinski definition) is 3. The van der Waals surface area contributed by atoms with Crippen LogP contribution in [0, 0.1) is 0 Å². The molecule has 6 heteroatoms. The minimum atomic E-state index is -1.23. The summed E-state index contributed by atoms with van der Waals surface area (Å²) in [5.74, 6) is -2.71. The second-order valence-corrected chi connectivity index (χ2v) is 7.72. The minimum Gasteiger partial charge on any atom is -0.476 e. The Morgan fingerprint density at radius 2 is 1.14 bits per heavy atom. The van der Waals surface area contributed by atoms with Crippen molar-refractivity contribution in [1.82, 2.24) is 9.97 Å². The van der Waals surface area contributed by atoms with Gasteiger partial charge in [-0.25, -0.2) is 14.6 Å². The highest BCUT2D eigenvalue weighted by Gasteiger charge is 2.19. The normalized spacial score (nSPS) is 11.0. The van der Waals surface area contributed by atoms with Gasteiger partial charge in [0.1, 0.15) is 0 Å². The van der Waals surface area contributed by atoms with E-state index in [0.717, 1.165) is 19.3 Å². The molecule has 0 saturated carbocycles. The molecule has 160 valence electrons. The molecule has 0 bridgehead atoms. The Kier molecular flexibility index (Phi) is 13.1. The standard InChI is InChI=1S/C22H38N2O4/c1-2-3-4-5-6-7-8-9-10-11-12-13-14-15-16-17-18-19(21(25)26)24-20(23-18)22(27)28/h2-17H2,1H3,(H,23,24)(H,25,26)(H,27,28). The van der Waals surface area contributed by atoms with Crippen LogP contribution in [0.25, 0.3) is 0 Å². The van der Waals surface area contributed by atoms with E-state index in [1.807, 2.05) is 0 Å². The largest absolute Gasteiger partial charge is 0.476 e. The lowest BCUT2D eigenvalue weighted by Crippen LogP contribution is -2.02. The number of aromatic carboxylic acids is 2. The fraction of sp³-hybridized carbons (Fsp3) is 0.773. The second kappa shape index (κ2) is 15.1. The van der Waals surface area contributed by atoms with Crippen LogP contribution in [0.15, 0.2) is 0 Å². The number of imidazole rings is 1. The summed E-state index contributed by atoms with van der Waals surface area (Å²) in [5.41, 5.74) is 0.252. The van der Waals surface area contributed by atoms with Gasteiger partial charge >= 0.3 is 11.9 Å². The highest BCUT2D eigenvalue weighted by atomic mass is 16.4. The summed E-state index contributed by atoms with van der Waals surface area (Å²) in [7, 11) is 0. The summed E-state index contributed by atoms with van der Waals surface area (Å²) in [5, 5.41) is 18.0. The summed E-state index contributed by atoms with van der Waals surface area (Å²) in [4.78, 5) is 28.3. The molecule has 1 rings (SSSR count). The SMILES string of the molecule is CCCCCCCCCCCCCCCCCc1[nH]c(C(=O)O)nc1C(=O)O. The first-order valence-electron chi connectivity index (χ1n) is 11.1. The van der Waals surface area contributed by atoms with Crippen LogP contribution in [0.4, 0.5) is 0 Å². The Morgan fingerprint density at radius 3 is 1.54 bits per heavy atom. The molecular formula is C22H38N2O4. The summed E-state index contributed by atoms with van der Waals surface area (Å²) in [6.07, 6.45) is 19.7. The lowest BCUT2D eigenvalue weighted by atomic mass is 10.0. The lowest BCUT2D eigenvalue weighted by Gasteiger charge is -2.03. The Hall–Kier alpha value is -1.85. The van der Waals surface area contributed by atoms with Crippen molar-refractivity contribution >= 4 is 11.9 Å². The molecule has 0 unspecified atom stereocenters. The first-order valence-corrected chi connectivity index (χ1v) is 11.1. The van der Waals surface area contributed by atoms with E-state index in [2.05, 4.69) is 16.9 Å². The fourth-order valence-electron chi connectivity index (χ4n) is 3.54. The van der Waals surface area contributed by atoms with Crippen molar-refractivity contribution in [1.29, 1.82) is 0 Å². The van der Waals surface area contributed by atoms with Crippen LogP contribution < -0.4 is 0 Å². The molecule has 28 heavy (non-hydrogen) atoms. The maximum atomic E-state index is 11.1. The number of carboxylic acid groups (broad SMARTS) is 2. The fourth-order valence-corrected chi connectivity index (χ4v) is 3.54. The highest BCUT2D eigenvalue weighted by molar-refractivity contribution is 5.90. The number of carbonyl (C=O) groups is 2. The number of carboxylic acids is 2. The molecule has 0 amide bonds. The zero-order chi connectivity index (χ0) is 20.6. The van der Waals surface area contributed by atoms with Crippen LogP contribution in [0.5, 0.6) is 0 Å². The van der Waals surface area contributed by atoms with E-state index in [-0.39, 0.29) is 11.5 Å². The van der Waals surface area contributed by atoms with Crippen LogP contribution >= 0.6 is 0 Å². The number of nitrogens with zero attached hydrogens (tertiary/aromatic N) is 1. The Bertz CT molecular complexity index is 569. The average molecular weight is 395 g/mol. The van der Waals surface area contributed by atoms with Crippen molar-refractivity contribution in [2.24, 2.45) is 0 Å². The highest BCUT2D eigenvalue weighted by Crippen LogP contribution is 2.15. The van der Waals surface area contributed by atoms with E-state index in [1.54, 1.807) is 0 Å². The molecule has 6 nitrogen and oxygen atoms in total. The molecule has 0 aromatic carbocycles. The number of aromatic amines is 1. The quantitative estimate of drug-likeness (QED) is 0.256. The summed E-state index contributed by atoms with van der Waals surface area (Å²) < 4.78 is 0. The zero-order valence-corrected chi connectivity index (χ0v) is 17.5. The predicted molar refractivity (Wildman–Crippen MR) is 111 cm³/mol. The van der Waals surface area contributed by atoms with Gasteiger partial charge < -0.3 is 15.2 Å². The number of rotatable bonds is 18. The molecular weight excluding hydrogens is 356 g/mol. The van der Waals surface area contributed by atoms with Crippen molar-refractivity contribution in [2.45, 2.75) is 110 Å². The minimum absolute atomic E-state index is 0.164. The van der Waals surface area contributed by atoms with Gasteiger partial charge in [0.05, 0.1) is 5.69 Å². The van der Waals surface area contributed by atoms with Crippen LogP contribution in [0.1, 0.15) is 130 Å². The van der Waals surface area contributed by atoms with Crippen molar-refractivity contribution in [3.8, 4) is 0 Å². The van der Waals surface area contributed by atoms with Gasteiger partial charge in [0.25, 0.3) is 0 Å². The van der Waals surface area contributed by atoms with E-state index in [1.165, 1.54) is 77.0 Å². The van der Waals surface area contributed by atoms with Crippen molar-refractivity contribution in [2.75, 3.05) is 0 Å². The van der Waals surface area contributed by atoms with Gasteiger partial charge in [0.15, 0.2) is 5.69 Å². The molecule has 0 atom stereocenters. The lowest BCUT2D eigenvalue weighted by molar-refractivity contribution is 0.0684. The number of unbranched alkanes of at least 4 members (excludes halogenated alkanes) is 14. The van der Waals surface area contributed by atoms with Crippen LogP contribution in [-0.4, -0.2) is 32.1 Å². The van der Waals surface area contributed by atoms with E-state index in [9.17, 15) is 9.59 Å². The van der Waals surface area contributed by atoms with Gasteiger partial charge in [-0.05, 0) is 12.8 Å². The van der Waals surface area contributed by atoms with Gasteiger partial charge in [0.2, 0.25) is 5.82 Å². The van der Waals surface area contributed by atoms with E-state index in [0.29, 0.717) is 12.1 Å². The topological polar surface area (TPSA) is 103 Å². The summed E-state index contributed by atoms with van der Waals surface area (Å²) >= 11 is 0. The average Bonchev–Trinajstić information content (AvgIpc) is 3.10. The smallest absolute Gasteiger partial charge is 0.371 e. The monoisotopic (exact) mass is 394 g/mol. The molecule has 0 radical (unpaired) electrons. The second-order valence-electron chi connectivity index (χ2n) is 7.72. The van der Waals surface area contributed by atoms with Gasteiger partial charge in [-0.2, -0.15) is 0 Å². The van der Waals surface area contributed by atoms with E-state index >= 15 is 0 Å². The number of nitrogens with one attached hydrogen (secondary N) is 1. The zero-order valence-electron chi connectivity index (χ0n) is 17.5. The molecule has 0 aliphatic heterocycles. The Labute approximate surface area is 169 Å². The third-order valence-electron chi connectivity index (χ3n) is 5.21. The first kappa shape index (κ1) is 24.2. The van der Waals surface area contributed by atoms with E-state index in [4.69, 9.17) is 10.2 Å². The third kappa shape index (κ3) is 10.5. The molecule has 0 fully saturated rings. The van der Waals surface area contributed by atoms with Gasteiger partial charge in [-0.3, -0.25) is 0 Å². The van der Waals surface area contributed by atoms with Gasteiger partial charge in [-0.15, -0.1) is 0 Å². The van der Waals surface area contributed by atoms with Crippen LogP contribution in [0.3, 0.4) is 0 Å². The molecule has 3 N–H and O–H groups in total. The van der Waals surface area contributed by atoms with Crippen LogP contribution in [-0.2, 0) is 6.42 Å². The Morgan fingerprint density at radius 1 is 0.714 bits per heavy atom. The molecule has 0 aliphatic rings. The van der Waals surface area contributed by atoms with E-state index < -0.39 is 11.9 Å². The van der Waals surface area contributed by atoms with Crippen LogP contribution in [0.2, 0.25) is 0 Å². The molecule has 1 aromatic heterocycles. The number of H-pyrrole nitrogens is 1. The maximum absolute atomic E-state index is 11.1. The van der Waals surface area contributed by atoms with Crippen molar-refractivity contribution in [3.05, 3.63) is 17.2 Å². The third-order valence-corrected chi connectivity index (χ3v) is 5.21. The first-order chi connectivity index (χ1) is 13.6. The molecule has 0 aliphatic carbocycles. The molecule has 1 heterocycles. The molecule has 0 spiro atoms. The Balaban J connectivity index is 1.98. The molecule has 1 aromatic rings. The number of aromatic nitrogens is 2. The summed E-state index contributed by atoms with van der Waals surface area (Å²) in [6, 6.07) is 0. The summed E-state index contributed by atoms with van der Waals surface area (Å²) in [6.45, 7) is 2.26. The van der Waals surface area contributed by atoms with Gasteiger partial charge in [-0.1, -0.05) is 96.8 Å².